The van der Waals surface area contributed by atoms with Crippen LogP contribution in [0.25, 0.3) is 0 Å². The minimum atomic E-state index is -0.269. The number of carbonyl (C=O) groups is 1. The smallest absolute Gasteiger partial charge is 0.399 e. The standard InChI is InChI=1S/C15H23BO2S.C3H7NO2/c1-6-19-11-12-7-9-13(10-8-12)16-17-14(2,3)15(4,5)18-16;5-2-1-4-3-6/h7-10H,6,11H2,1-5H3;3,5H,1-2H2,(H,4,6). The van der Waals surface area contributed by atoms with Gasteiger partial charge in [0.1, 0.15) is 0 Å². The number of hydrogen-bond acceptors (Lipinski definition) is 5. The van der Waals surface area contributed by atoms with Crippen molar-refractivity contribution in [3.8, 4) is 0 Å². The highest BCUT2D eigenvalue weighted by Crippen LogP contribution is 2.36. The summed E-state index contributed by atoms with van der Waals surface area (Å²) in [4.78, 5) is 9.34. The third-order valence-electron chi connectivity index (χ3n) is 4.32. The first-order valence-corrected chi connectivity index (χ1v) is 9.73. The molecule has 0 radical (unpaired) electrons. The topological polar surface area (TPSA) is 67.8 Å². The van der Waals surface area contributed by atoms with Crippen LogP contribution in [0.3, 0.4) is 0 Å². The number of carbonyl (C=O) groups excluding carboxylic acids is 1. The number of aliphatic hydroxyl groups is 1. The molecule has 25 heavy (non-hydrogen) atoms. The molecule has 2 rings (SSSR count). The molecular weight excluding hydrogens is 337 g/mol. The van der Waals surface area contributed by atoms with Gasteiger partial charge in [0.2, 0.25) is 6.41 Å². The molecule has 0 spiro atoms. The summed E-state index contributed by atoms with van der Waals surface area (Å²) in [5, 5.41) is 10.2. The molecule has 1 heterocycles. The molecule has 0 aliphatic carbocycles. The van der Waals surface area contributed by atoms with Crippen LogP contribution in [-0.4, -0.2) is 48.7 Å². The Labute approximate surface area is 156 Å². The highest BCUT2D eigenvalue weighted by Gasteiger charge is 2.51. The molecule has 0 bridgehead atoms. The monoisotopic (exact) mass is 367 g/mol. The SMILES string of the molecule is CCSCc1ccc(B2OC(C)(C)C(C)(C)O2)cc1.O=CNCCO. The van der Waals surface area contributed by atoms with Crippen molar-refractivity contribution in [2.24, 2.45) is 0 Å². The van der Waals surface area contributed by atoms with Gasteiger partial charge in [0.05, 0.1) is 17.8 Å². The first kappa shape index (κ1) is 22.0. The van der Waals surface area contributed by atoms with Gasteiger partial charge in [-0.25, -0.2) is 0 Å². The molecule has 0 saturated carbocycles. The molecule has 0 unspecified atom stereocenters. The lowest BCUT2D eigenvalue weighted by molar-refractivity contribution is -0.109. The number of hydrogen-bond donors (Lipinski definition) is 2. The first-order chi connectivity index (χ1) is 11.8. The summed E-state index contributed by atoms with van der Waals surface area (Å²) in [5.74, 6) is 2.22. The molecule has 140 valence electrons. The predicted octanol–water partition coefficient (Wildman–Crippen LogP) is 1.96. The van der Waals surface area contributed by atoms with Gasteiger partial charge in [-0.3, -0.25) is 4.79 Å². The molecule has 1 fully saturated rings. The van der Waals surface area contributed by atoms with Crippen molar-refractivity contribution >= 4 is 30.8 Å². The van der Waals surface area contributed by atoms with E-state index in [0.717, 1.165) is 17.0 Å². The minimum absolute atomic E-state index is 0.0126. The summed E-state index contributed by atoms with van der Waals surface area (Å²) in [6.07, 6.45) is 0.552. The predicted molar refractivity (Wildman–Crippen MR) is 105 cm³/mol. The summed E-state index contributed by atoms with van der Waals surface area (Å²) in [5.41, 5.74) is 1.92. The lowest BCUT2D eigenvalue weighted by atomic mass is 9.79. The zero-order chi connectivity index (χ0) is 18.9. The highest BCUT2D eigenvalue weighted by atomic mass is 32.2. The van der Waals surface area contributed by atoms with E-state index in [1.165, 1.54) is 5.56 Å². The van der Waals surface area contributed by atoms with Crippen LogP contribution in [0.2, 0.25) is 0 Å². The lowest BCUT2D eigenvalue weighted by Gasteiger charge is -2.32. The van der Waals surface area contributed by atoms with Crippen molar-refractivity contribution in [3.63, 3.8) is 0 Å². The molecule has 5 nitrogen and oxygen atoms in total. The molecule has 1 aliphatic heterocycles. The molecule has 1 amide bonds. The Kier molecular flexibility index (Phi) is 9.00. The van der Waals surface area contributed by atoms with Crippen LogP contribution in [0, 0.1) is 0 Å². The van der Waals surface area contributed by atoms with Crippen molar-refractivity contribution in [1.82, 2.24) is 5.32 Å². The van der Waals surface area contributed by atoms with Gasteiger partial charge >= 0.3 is 7.12 Å². The zero-order valence-electron chi connectivity index (χ0n) is 15.9. The third-order valence-corrected chi connectivity index (χ3v) is 5.26. The van der Waals surface area contributed by atoms with Crippen LogP contribution in [0.15, 0.2) is 24.3 Å². The molecule has 1 aliphatic rings. The van der Waals surface area contributed by atoms with E-state index in [1.807, 2.05) is 11.8 Å². The molecule has 0 aromatic heterocycles. The maximum absolute atomic E-state index is 9.34. The Morgan fingerprint density at radius 3 is 2.12 bits per heavy atom. The average molecular weight is 367 g/mol. The second kappa shape index (κ2) is 10.2. The quantitative estimate of drug-likeness (QED) is 0.438. The van der Waals surface area contributed by atoms with Crippen LogP contribution in [0.1, 0.15) is 40.2 Å². The van der Waals surface area contributed by atoms with Crippen LogP contribution in [-0.2, 0) is 19.9 Å². The minimum Gasteiger partial charge on any atom is -0.399 e. The third kappa shape index (κ3) is 6.66. The van der Waals surface area contributed by atoms with E-state index in [4.69, 9.17) is 14.4 Å². The largest absolute Gasteiger partial charge is 0.494 e. The number of amides is 1. The first-order valence-electron chi connectivity index (χ1n) is 8.57. The van der Waals surface area contributed by atoms with E-state index in [-0.39, 0.29) is 24.9 Å². The molecule has 1 aromatic carbocycles. The van der Waals surface area contributed by atoms with Crippen LogP contribution in [0.4, 0.5) is 0 Å². The Morgan fingerprint density at radius 2 is 1.72 bits per heavy atom. The summed E-state index contributed by atoms with van der Waals surface area (Å²) < 4.78 is 12.1. The van der Waals surface area contributed by atoms with Gasteiger partial charge in [0.15, 0.2) is 0 Å². The second-order valence-electron chi connectivity index (χ2n) is 6.76. The van der Waals surface area contributed by atoms with E-state index >= 15 is 0 Å². The summed E-state index contributed by atoms with van der Waals surface area (Å²) in [6, 6.07) is 8.58. The maximum Gasteiger partial charge on any atom is 0.494 e. The summed E-state index contributed by atoms with van der Waals surface area (Å²) >= 11 is 1.94. The number of aliphatic hydroxyl groups excluding tert-OH is 1. The average Bonchev–Trinajstić information content (AvgIpc) is 2.80. The van der Waals surface area contributed by atoms with Crippen molar-refractivity contribution < 1.29 is 19.2 Å². The molecule has 2 N–H and O–H groups in total. The number of benzene rings is 1. The molecule has 1 aromatic rings. The summed E-state index contributed by atoms with van der Waals surface area (Å²) in [7, 11) is -0.252. The van der Waals surface area contributed by atoms with Gasteiger partial charge in [0, 0.05) is 12.3 Å². The Balaban J connectivity index is 0.000000450. The Hall–Kier alpha value is -1.02. The second-order valence-corrected chi connectivity index (χ2v) is 8.04. The van der Waals surface area contributed by atoms with Gasteiger partial charge in [0.25, 0.3) is 0 Å². The zero-order valence-corrected chi connectivity index (χ0v) is 16.7. The van der Waals surface area contributed by atoms with Gasteiger partial charge in [-0.15, -0.1) is 0 Å². The fraction of sp³-hybridized carbons (Fsp3) is 0.611. The van der Waals surface area contributed by atoms with Gasteiger partial charge in [-0.05, 0) is 44.5 Å². The van der Waals surface area contributed by atoms with E-state index < -0.39 is 0 Å². The van der Waals surface area contributed by atoms with Gasteiger partial charge in [-0.2, -0.15) is 11.8 Å². The van der Waals surface area contributed by atoms with Crippen molar-refractivity contribution in [2.45, 2.75) is 51.6 Å². The normalized spacial score (nSPS) is 17.6. The molecular formula is C18H30BNO4S. The van der Waals surface area contributed by atoms with Crippen molar-refractivity contribution in [1.29, 1.82) is 0 Å². The van der Waals surface area contributed by atoms with Crippen LogP contribution >= 0.6 is 11.8 Å². The fourth-order valence-electron chi connectivity index (χ4n) is 2.09. The van der Waals surface area contributed by atoms with Crippen molar-refractivity contribution in [3.05, 3.63) is 29.8 Å². The number of rotatable bonds is 7. The van der Waals surface area contributed by atoms with E-state index in [2.05, 4.69) is 64.2 Å². The van der Waals surface area contributed by atoms with Crippen LogP contribution < -0.4 is 10.8 Å². The number of thioether (sulfide) groups is 1. The summed E-state index contributed by atoms with van der Waals surface area (Å²) in [6.45, 7) is 10.9. The molecule has 0 atom stereocenters. The number of nitrogens with one attached hydrogen (secondary N) is 1. The Bertz CT molecular complexity index is 506. The van der Waals surface area contributed by atoms with E-state index in [0.29, 0.717) is 13.0 Å². The van der Waals surface area contributed by atoms with Gasteiger partial charge in [-0.1, -0.05) is 31.2 Å². The molecule has 7 heteroatoms. The Morgan fingerprint density at radius 1 is 1.16 bits per heavy atom. The molecule has 1 saturated heterocycles. The lowest BCUT2D eigenvalue weighted by Crippen LogP contribution is -2.41. The van der Waals surface area contributed by atoms with E-state index in [9.17, 15) is 4.79 Å². The van der Waals surface area contributed by atoms with Gasteiger partial charge < -0.3 is 19.7 Å². The van der Waals surface area contributed by atoms with E-state index in [1.54, 1.807) is 0 Å². The maximum atomic E-state index is 9.34. The fourth-order valence-corrected chi connectivity index (χ4v) is 2.73. The van der Waals surface area contributed by atoms with Crippen LogP contribution in [0.5, 0.6) is 0 Å². The van der Waals surface area contributed by atoms with Crippen molar-refractivity contribution in [2.75, 3.05) is 18.9 Å². The highest BCUT2D eigenvalue weighted by molar-refractivity contribution is 7.98.